The van der Waals surface area contributed by atoms with Gasteiger partial charge in [-0.05, 0) is 6.92 Å². The molecule has 0 spiro atoms. The van der Waals surface area contributed by atoms with Crippen LogP contribution < -0.4 is 11.1 Å². The van der Waals surface area contributed by atoms with Crippen LogP contribution in [-0.4, -0.2) is 26.7 Å². The molecule has 0 saturated carbocycles. The molecule has 3 N–H and O–H groups in total. The Labute approximate surface area is 118 Å². The molecule has 0 unspecified atom stereocenters. The van der Waals surface area contributed by atoms with Crippen LogP contribution in [0.25, 0.3) is 0 Å². The van der Waals surface area contributed by atoms with Gasteiger partial charge in [-0.25, -0.2) is 9.97 Å². The predicted octanol–water partition coefficient (Wildman–Crippen LogP) is 1.84. The lowest BCUT2D eigenvalue weighted by atomic mass is 10.2. The number of hydrogen-bond acceptors (Lipinski definition) is 7. The van der Waals surface area contributed by atoms with E-state index >= 15 is 0 Å². The van der Waals surface area contributed by atoms with Gasteiger partial charge in [0.15, 0.2) is 5.82 Å². The number of nitrogens with two attached hydrogens (primary N) is 1. The highest BCUT2D eigenvalue weighted by molar-refractivity contribution is 5.54. The van der Waals surface area contributed by atoms with Gasteiger partial charge in [-0.3, -0.25) is 0 Å². The minimum Gasteiger partial charge on any atom is -0.383 e. The average Bonchev–Trinajstić information content (AvgIpc) is 2.80. The zero-order chi connectivity index (χ0) is 14.7. The quantitative estimate of drug-likeness (QED) is 0.858. The summed E-state index contributed by atoms with van der Waals surface area (Å²) in [5, 5.41) is 7.10. The second kappa shape index (κ2) is 5.85. The van der Waals surface area contributed by atoms with Gasteiger partial charge in [-0.15, -0.1) is 0 Å². The van der Waals surface area contributed by atoms with Gasteiger partial charge in [0.25, 0.3) is 0 Å². The molecule has 0 saturated heterocycles. The van der Waals surface area contributed by atoms with Crippen molar-refractivity contribution < 1.29 is 4.52 Å². The molecule has 20 heavy (non-hydrogen) atoms. The van der Waals surface area contributed by atoms with E-state index in [2.05, 4.69) is 25.4 Å². The second-order valence-corrected chi connectivity index (χ2v) is 5.00. The molecule has 7 heteroatoms. The van der Waals surface area contributed by atoms with Crippen LogP contribution in [0.3, 0.4) is 0 Å². The van der Waals surface area contributed by atoms with Crippen molar-refractivity contribution >= 4 is 11.6 Å². The van der Waals surface area contributed by atoms with Gasteiger partial charge in [-0.2, -0.15) is 4.98 Å². The molecule has 2 aromatic rings. The van der Waals surface area contributed by atoms with Gasteiger partial charge in [-0.1, -0.05) is 19.0 Å². The molecule has 0 radical (unpaired) electrons. The molecule has 0 fully saturated rings. The molecular formula is C13H20N6O. The monoisotopic (exact) mass is 276 g/mol. The summed E-state index contributed by atoms with van der Waals surface area (Å²) in [6.07, 6.45) is 0.664. The predicted molar refractivity (Wildman–Crippen MR) is 76.5 cm³/mol. The maximum Gasteiger partial charge on any atom is 0.223 e. The third-order valence-electron chi connectivity index (χ3n) is 2.93. The highest BCUT2D eigenvalue weighted by atomic mass is 16.5. The Hall–Kier alpha value is -2.18. The standard InChI is InChI=1S/C13H20N6O/c1-7(2)12-17-11(14)8(3)13(18-12)15-6-5-10-16-9(4)20-19-10/h7H,5-6H2,1-4H3,(H3,14,15,17,18). The first-order chi connectivity index (χ1) is 9.47. The Morgan fingerprint density at radius 3 is 2.55 bits per heavy atom. The summed E-state index contributed by atoms with van der Waals surface area (Å²) in [7, 11) is 0. The number of hydrogen-bond donors (Lipinski definition) is 2. The van der Waals surface area contributed by atoms with Crippen molar-refractivity contribution in [1.82, 2.24) is 20.1 Å². The Bertz CT molecular complexity index is 593. The van der Waals surface area contributed by atoms with Crippen molar-refractivity contribution in [3.63, 3.8) is 0 Å². The summed E-state index contributed by atoms with van der Waals surface area (Å²) in [5.41, 5.74) is 6.77. The first-order valence-electron chi connectivity index (χ1n) is 6.64. The van der Waals surface area contributed by atoms with E-state index in [-0.39, 0.29) is 5.92 Å². The fourth-order valence-electron chi connectivity index (χ4n) is 1.72. The van der Waals surface area contributed by atoms with Crippen molar-refractivity contribution in [2.45, 2.75) is 40.0 Å². The van der Waals surface area contributed by atoms with Crippen LogP contribution in [0, 0.1) is 13.8 Å². The van der Waals surface area contributed by atoms with E-state index < -0.39 is 0 Å². The molecule has 0 amide bonds. The number of nitrogen functional groups attached to an aromatic ring is 1. The van der Waals surface area contributed by atoms with E-state index in [1.54, 1.807) is 6.92 Å². The lowest BCUT2D eigenvalue weighted by molar-refractivity contribution is 0.387. The number of anilines is 2. The van der Waals surface area contributed by atoms with Gasteiger partial charge < -0.3 is 15.6 Å². The molecule has 0 atom stereocenters. The van der Waals surface area contributed by atoms with Crippen molar-refractivity contribution in [1.29, 1.82) is 0 Å². The SMILES string of the molecule is Cc1nc(CCNc2nc(C(C)C)nc(N)c2C)no1. The van der Waals surface area contributed by atoms with Crippen molar-refractivity contribution in [3.05, 3.63) is 23.1 Å². The summed E-state index contributed by atoms with van der Waals surface area (Å²) >= 11 is 0. The Balaban J connectivity index is 2.05. The Morgan fingerprint density at radius 2 is 1.95 bits per heavy atom. The number of nitrogens with one attached hydrogen (secondary N) is 1. The third kappa shape index (κ3) is 3.23. The van der Waals surface area contributed by atoms with E-state index in [1.165, 1.54) is 0 Å². The molecular weight excluding hydrogens is 256 g/mol. The summed E-state index contributed by atoms with van der Waals surface area (Å²) in [4.78, 5) is 12.9. The van der Waals surface area contributed by atoms with Gasteiger partial charge in [0.2, 0.25) is 5.89 Å². The number of aromatic nitrogens is 4. The minimum absolute atomic E-state index is 0.235. The molecule has 108 valence electrons. The van der Waals surface area contributed by atoms with Gasteiger partial charge in [0.05, 0.1) is 0 Å². The first-order valence-corrected chi connectivity index (χ1v) is 6.64. The molecule has 0 aliphatic rings. The smallest absolute Gasteiger partial charge is 0.223 e. The van der Waals surface area contributed by atoms with Crippen LogP contribution >= 0.6 is 0 Å². The number of rotatable bonds is 5. The first kappa shape index (κ1) is 14.2. The van der Waals surface area contributed by atoms with Gasteiger partial charge in [0, 0.05) is 31.4 Å². The summed E-state index contributed by atoms with van der Waals surface area (Å²) in [6, 6.07) is 0. The third-order valence-corrected chi connectivity index (χ3v) is 2.93. The van der Waals surface area contributed by atoms with Crippen LogP contribution in [0.1, 0.15) is 42.9 Å². The van der Waals surface area contributed by atoms with Crippen LogP contribution in [0.15, 0.2) is 4.52 Å². The van der Waals surface area contributed by atoms with E-state index in [4.69, 9.17) is 10.3 Å². The summed E-state index contributed by atoms with van der Waals surface area (Å²) in [6.45, 7) is 8.41. The molecule has 0 aliphatic carbocycles. The Kier molecular flexibility index (Phi) is 4.16. The van der Waals surface area contributed by atoms with E-state index in [9.17, 15) is 0 Å². The highest BCUT2D eigenvalue weighted by Gasteiger charge is 2.11. The maximum absolute atomic E-state index is 5.91. The summed E-state index contributed by atoms with van der Waals surface area (Å²) < 4.78 is 4.93. The molecule has 0 aromatic carbocycles. The van der Waals surface area contributed by atoms with Gasteiger partial charge >= 0.3 is 0 Å². The lowest BCUT2D eigenvalue weighted by Gasteiger charge is -2.12. The topological polar surface area (TPSA) is 103 Å². The zero-order valence-corrected chi connectivity index (χ0v) is 12.3. The average molecular weight is 276 g/mol. The van der Waals surface area contributed by atoms with Crippen molar-refractivity contribution in [3.8, 4) is 0 Å². The molecule has 7 nitrogen and oxygen atoms in total. The largest absolute Gasteiger partial charge is 0.383 e. The number of nitrogens with zero attached hydrogens (tertiary/aromatic N) is 4. The second-order valence-electron chi connectivity index (χ2n) is 5.00. The van der Waals surface area contributed by atoms with E-state index in [1.807, 2.05) is 20.8 Å². The molecule has 2 aromatic heterocycles. The van der Waals surface area contributed by atoms with Crippen molar-refractivity contribution in [2.75, 3.05) is 17.6 Å². The fraction of sp³-hybridized carbons (Fsp3) is 0.538. The van der Waals surface area contributed by atoms with E-state index in [0.29, 0.717) is 30.5 Å². The van der Waals surface area contributed by atoms with Crippen LogP contribution in [0.2, 0.25) is 0 Å². The summed E-state index contributed by atoms with van der Waals surface area (Å²) in [5.74, 6) is 3.51. The zero-order valence-electron chi connectivity index (χ0n) is 12.3. The molecule has 0 aliphatic heterocycles. The Morgan fingerprint density at radius 1 is 1.20 bits per heavy atom. The lowest BCUT2D eigenvalue weighted by Crippen LogP contribution is -2.13. The normalized spacial score (nSPS) is 11.1. The van der Waals surface area contributed by atoms with Crippen LogP contribution in [0.5, 0.6) is 0 Å². The van der Waals surface area contributed by atoms with Crippen LogP contribution in [0.4, 0.5) is 11.6 Å². The van der Waals surface area contributed by atoms with Crippen molar-refractivity contribution in [2.24, 2.45) is 0 Å². The number of aryl methyl sites for hydroxylation is 1. The van der Waals surface area contributed by atoms with Gasteiger partial charge in [0.1, 0.15) is 17.5 Å². The minimum atomic E-state index is 0.235. The van der Waals surface area contributed by atoms with Crippen LogP contribution in [-0.2, 0) is 6.42 Å². The highest BCUT2D eigenvalue weighted by Crippen LogP contribution is 2.20. The molecule has 0 bridgehead atoms. The maximum atomic E-state index is 5.91. The molecule has 2 heterocycles. The van der Waals surface area contributed by atoms with E-state index in [0.717, 1.165) is 17.2 Å². The molecule has 2 rings (SSSR count). The fourth-order valence-corrected chi connectivity index (χ4v) is 1.72.